The number of likely N-dealkylation sites (tertiary alicyclic amines) is 1. The first kappa shape index (κ1) is 13.0. The van der Waals surface area contributed by atoms with Gasteiger partial charge in [-0.15, -0.1) is 5.10 Å². The fourth-order valence-corrected chi connectivity index (χ4v) is 2.87. The number of rotatable bonds is 5. The standard InChI is InChI=1S/C12H20N4O2/c1-3-5-12(11(17)18)6-4-7-16(12)9-10-8-15(2)14-13-10/h8H,3-7,9H2,1-2H3,(H,17,18). The van der Waals surface area contributed by atoms with Crippen molar-refractivity contribution in [2.75, 3.05) is 6.54 Å². The summed E-state index contributed by atoms with van der Waals surface area (Å²) < 4.78 is 1.65. The minimum atomic E-state index is -0.703. The summed E-state index contributed by atoms with van der Waals surface area (Å²) in [5, 5.41) is 17.5. The molecule has 6 nitrogen and oxygen atoms in total. The highest BCUT2D eigenvalue weighted by Gasteiger charge is 2.46. The van der Waals surface area contributed by atoms with Gasteiger partial charge in [-0.05, 0) is 25.8 Å². The van der Waals surface area contributed by atoms with Gasteiger partial charge in [0.05, 0.1) is 5.69 Å². The Morgan fingerprint density at radius 3 is 2.94 bits per heavy atom. The molecule has 1 unspecified atom stereocenters. The Morgan fingerprint density at radius 1 is 1.61 bits per heavy atom. The molecule has 1 aromatic rings. The Balaban J connectivity index is 2.17. The first-order valence-electron chi connectivity index (χ1n) is 6.42. The summed E-state index contributed by atoms with van der Waals surface area (Å²) in [5.41, 5.74) is 0.132. The molecule has 0 bridgehead atoms. The van der Waals surface area contributed by atoms with Gasteiger partial charge in [0.1, 0.15) is 5.54 Å². The van der Waals surface area contributed by atoms with Crippen molar-refractivity contribution in [1.82, 2.24) is 19.9 Å². The van der Waals surface area contributed by atoms with Crippen LogP contribution in [0.5, 0.6) is 0 Å². The summed E-state index contributed by atoms with van der Waals surface area (Å²) in [6.07, 6.45) is 5.09. The fourth-order valence-electron chi connectivity index (χ4n) is 2.87. The largest absolute Gasteiger partial charge is 0.480 e. The fraction of sp³-hybridized carbons (Fsp3) is 0.750. The van der Waals surface area contributed by atoms with E-state index in [-0.39, 0.29) is 0 Å². The molecular formula is C12H20N4O2. The maximum absolute atomic E-state index is 11.6. The number of carbonyl (C=O) groups is 1. The first-order chi connectivity index (χ1) is 8.58. The van der Waals surface area contributed by atoms with Crippen LogP contribution >= 0.6 is 0 Å². The molecule has 0 spiro atoms. The van der Waals surface area contributed by atoms with Crippen molar-refractivity contribution >= 4 is 5.97 Å². The molecule has 1 aromatic heterocycles. The summed E-state index contributed by atoms with van der Waals surface area (Å²) in [4.78, 5) is 13.7. The SMILES string of the molecule is CCCC1(C(=O)O)CCCN1Cc1cn(C)nn1. The first-order valence-corrected chi connectivity index (χ1v) is 6.42. The lowest BCUT2D eigenvalue weighted by Crippen LogP contribution is -2.50. The van der Waals surface area contributed by atoms with Gasteiger partial charge in [-0.25, -0.2) is 0 Å². The summed E-state index contributed by atoms with van der Waals surface area (Å²) in [5.74, 6) is -0.703. The highest BCUT2D eigenvalue weighted by molar-refractivity contribution is 5.79. The number of aliphatic carboxylic acids is 1. The van der Waals surface area contributed by atoms with Gasteiger partial charge in [0, 0.05) is 19.8 Å². The Kier molecular flexibility index (Phi) is 3.65. The Morgan fingerprint density at radius 2 is 2.39 bits per heavy atom. The molecule has 6 heteroatoms. The van der Waals surface area contributed by atoms with Gasteiger partial charge in [-0.2, -0.15) is 0 Å². The van der Waals surface area contributed by atoms with Crippen LogP contribution in [-0.4, -0.2) is 43.1 Å². The van der Waals surface area contributed by atoms with Crippen LogP contribution < -0.4 is 0 Å². The van der Waals surface area contributed by atoms with Crippen molar-refractivity contribution in [3.05, 3.63) is 11.9 Å². The maximum Gasteiger partial charge on any atom is 0.324 e. The smallest absolute Gasteiger partial charge is 0.324 e. The molecule has 1 N–H and O–H groups in total. The van der Waals surface area contributed by atoms with Crippen molar-refractivity contribution in [1.29, 1.82) is 0 Å². The zero-order chi connectivity index (χ0) is 13.2. The van der Waals surface area contributed by atoms with Crippen molar-refractivity contribution in [3.8, 4) is 0 Å². The summed E-state index contributed by atoms with van der Waals surface area (Å²) in [6.45, 7) is 3.42. The molecule has 2 heterocycles. The van der Waals surface area contributed by atoms with Crippen LogP contribution in [-0.2, 0) is 18.4 Å². The maximum atomic E-state index is 11.6. The quantitative estimate of drug-likeness (QED) is 0.847. The van der Waals surface area contributed by atoms with Crippen LogP contribution in [0, 0.1) is 0 Å². The number of nitrogens with zero attached hydrogens (tertiary/aromatic N) is 4. The van der Waals surface area contributed by atoms with Gasteiger partial charge in [-0.3, -0.25) is 14.4 Å². The molecule has 0 amide bonds. The molecule has 100 valence electrons. The minimum absolute atomic E-state index is 0.570. The van der Waals surface area contributed by atoms with Crippen molar-refractivity contribution in [2.45, 2.75) is 44.7 Å². The molecule has 2 rings (SSSR count). The van der Waals surface area contributed by atoms with E-state index in [1.165, 1.54) is 0 Å². The lowest BCUT2D eigenvalue weighted by Gasteiger charge is -2.34. The van der Waals surface area contributed by atoms with Crippen LogP contribution in [0.3, 0.4) is 0 Å². The van der Waals surface area contributed by atoms with E-state index in [1.54, 1.807) is 4.68 Å². The van der Waals surface area contributed by atoms with Crippen molar-refractivity contribution in [3.63, 3.8) is 0 Å². The van der Waals surface area contributed by atoms with Crippen LogP contribution in [0.25, 0.3) is 0 Å². The van der Waals surface area contributed by atoms with E-state index in [1.807, 2.05) is 25.1 Å². The summed E-state index contributed by atoms with van der Waals surface area (Å²) in [6, 6.07) is 0. The average Bonchev–Trinajstić information content (AvgIpc) is 2.88. The second kappa shape index (κ2) is 5.06. The van der Waals surface area contributed by atoms with Gasteiger partial charge < -0.3 is 5.11 Å². The van der Waals surface area contributed by atoms with E-state index in [0.29, 0.717) is 13.0 Å². The molecule has 1 saturated heterocycles. The Hall–Kier alpha value is -1.43. The van der Waals surface area contributed by atoms with Gasteiger partial charge in [-0.1, -0.05) is 18.6 Å². The van der Waals surface area contributed by atoms with E-state index in [2.05, 4.69) is 10.3 Å². The Labute approximate surface area is 107 Å². The Bertz CT molecular complexity index is 431. The van der Waals surface area contributed by atoms with Crippen molar-refractivity contribution < 1.29 is 9.90 Å². The van der Waals surface area contributed by atoms with Crippen LogP contribution in [0.4, 0.5) is 0 Å². The average molecular weight is 252 g/mol. The molecule has 0 radical (unpaired) electrons. The molecule has 1 fully saturated rings. The number of carboxylic acids is 1. The van der Waals surface area contributed by atoms with Crippen LogP contribution in [0.2, 0.25) is 0 Å². The third kappa shape index (κ3) is 2.25. The number of aryl methyl sites for hydroxylation is 1. The number of aromatic nitrogens is 3. The van der Waals surface area contributed by atoms with E-state index in [9.17, 15) is 9.90 Å². The summed E-state index contributed by atoms with van der Waals surface area (Å²) in [7, 11) is 1.82. The molecule has 1 aliphatic rings. The molecule has 1 atom stereocenters. The topological polar surface area (TPSA) is 71.2 Å². The number of carboxylic acid groups (broad SMARTS) is 1. The predicted molar refractivity (Wildman–Crippen MR) is 65.9 cm³/mol. The minimum Gasteiger partial charge on any atom is -0.480 e. The lowest BCUT2D eigenvalue weighted by atomic mass is 9.90. The summed E-state index contributed by atoms with van der Waals surface area (Å²) >= 11 is 0. The van der Waals surface area contributed by atoms with Gasteiger partial charge in [0.25, 0.3) is 0 Å². The third-order valence-electron chi connectivity index (χ3n) is 3.69. The zero-order valence-electron chi connectivity index (χ0n) is 11.0. The molecule has 18 heavy (non-hydrogen) atoms. The van der Waals surface area contributed by atoms with Gasteiger partial charge in [0.2, 0.25) is 0 Å². The van der Waals surface area contributed by atoms with E-state index < -0.39 is 11.5 Å². The predicted octanol–water partition coefficient (Wildman–Crippen LogP) is 1.03. The van der Waals surface area contributed by atoms with Crippen molar-refractivity contribution in [2.24, 2.45) is 7.05 Å². The second-order valence-corrected chi connectivity index (χ2v) is 5.00. The molecule has 1 aliphatic heterocycles. The molecule has 0 aromatic carbocycles. The van der Waals surface area contributed by atoms with Gasteiger partial charge in [0.15, 0.2) is 0 Å². The zero-order valence-corrected chi connectivity index (χ0v) is 11.0. The highest BCUT2D eigenvalue weighted by atomic mass is 16.4. The third-order valence-corrected chi connectivity index (χ3v) is 3.69. The molecule has 0 aliphatic carbocycles. The number of hydrogen-bond donors (Lipinski definition) is 1. The van der Waals surface area contributed by atoms with E-state index in [4.69, 9.17) is 0 Å². The normalized spacial score (nSPS) is 24.6. The van der Waals surface area contributed by atoms with Crippen LogP contribution in [0.15, 0.2) is 6.20 Å². The number of hydrogen-bond acceptors (Lipinski definition) is 4. The molecule has 0 saturated carbocycles. The molecular weight excluding hydrogens is 232 g/mol. The highest BCUT2D eigenvalue weighted by Crippen LogP contribution is 2.34. The van der Waals surface area contributed by atoms with E-state index >= 15 is 0 Å². The van der Waals surface area contributed by atoms with Gasteiger partial charge >= 0.3 is 5.97 Å². The lowest BCUT2D eigenvalue weighted by molar-refractivity contribution is -0.150. The van der Waals surface area contributed by atoms with E-state index in [0.717, 1.165) is 31.5 Å². The monoisotopic (exact) mass is 252 g/mol. The second-order valence-electron chi connectivity index (χ2n) is 5.00. The van der Waals surface area contributed by atoms with Crippen LogP contribution in [0.1, 0.15) is 38.3 Å².